The maximum Gasteiger partial charge on any atom is -0.0162 e. The molecule has 48 heavy (non-hydrogen) atoms. The number of hydrogen-bond acceptors (Lipinski definition) is 0. The Morgan fingerprint density at radius 3 is 1.60 bits per heavy atom. The molecule has 0 saturated heterocycles. The standard InChI is InChI=1S/C25H29.2C7H7.C5H5.CH2.2ClH.Ti/c1-3-7-18(8-4-1)20-11-13-22-15-23-14-12-21(17-25(23)24(22)16-20)19-9-5-2-6-10-19;2*1-7-5-3-2-4-6-7;1-2-4-5-3-1;;;;/h11-13,16-19H,1-10,15H2;2*3-6H,1H3;1-3H,4H2;1H2;2*1H;/q4*-1;;;;. The molecule has 4 aliphatic carbocycles. The van der Waals surface area contributed by atoms with E-state index in [4.69, 9.17) is 0 Å². The molecule has 0 N–H and O–H groups in total. The molecule has 254 valence electrons. The fraction of sp³-hybridized carbons (Fsp3) is 0.356. The zero-order valence-electron chi connectivity index (χ0n) is 28.9. The first-order chi connectivity index (χ1) is 22.7. The van der Waals surface area contributed by atoms with E-state index >= 15 is 0 Å². The predicted octanol–water partition coefficient (Wildman–Crippen LogP) is 12.9. The number of halogens is 2. The predicted molar refractivity (Wildman–Crippen MR) is 208 cm³/mol. The molecule has 4 aliphatic rings. The van der Waals surface area contributed by atoms with Crippen molar-refractivity contribution in [2.45, 2.75) is 103 Å². The molecule has 0 aliphatic heterocycles. The Labute approximate surface area is 316 Å². The zero-order valence-corrected chi connectivity index (χ0v) is 32.1. The minimum atomic E-state index is 0. The van der Waals surface area contributed by atoms with Crippen molar-refractivity contribution in [3.05, 3.63) is 155 Å². The van der Waals surface area contributed by atoms with Crippen molar-refractivity contribution in [2.75, 3.05) is 0 Å². The third-order valence-corrected chi connectivity index (χ3v) is 9.35. The molecule has 0 amide bonds. The van der Waals surface area contributed by atoms with Gasteiger partial charge in [0.15, 0.2) is 0 Å². The summed E-state index contributed by atoms with van der Waals surface area (Å²) in [7, 11) is 0. The molecular weight excluding hydrogens is 659 g/mol. The summed E-state index contributed by atoms with van der Waals surface area (Å²) in [6, 6.07) is 37.5. The van der Waals surface area contributed by atoms with Crippen molar-refractivity contribution < 1.29 is 20.0 Å². The zero-order chi connectivity index (χ0) is 32.4. The summed E-state index contributed by atoms with van der Waals surface area (Å²) in [4.78, 5) is 3.25. The van der Waals surface area contributed by atoms with Crippen LogP contribution in [-0.2, 0) is 26.4 Å². The van der Waals surface area contributed by atoms with Crippen molar-refractivity contribution in [3.63, 3.8) is 0 Å². The van der Waals surface area contributed by atoms with Crippen LogP contribution in [0.2, 0.25) is 0 Å². The number of aryl methyl sites for hydroxylation is 2. The van der Waals surface area contributed by atoms with Gasteiger partial charge in [-0.2, -0.15) is 107 Å². The van der Waals surface area contributed by atoms with Gasteiger partial charge in [-0.3, -0.25) is 6.08 Å². The van der Waals surface area contributed by atoms with Crippen LogP contribution >= 0.6 is 24.8 Å². The van der Waals surface area contributed by atoms with Gasteiger partial charge in [0.2, 0.25) is 0 Å². The number of benzene rings is 4. The van der Waals surface area contributed by atoms with Gasteiger partial charge in [-0.15, -0.1) is 36.8 Å². The maximum absolute atomic E-state index is 3.66. The molecule has 8 rings (SSSR count). The van der Waals surface area contributed by atoms with Gasteiger partial charge >= 0.3 is 24.8 Å². The molecule has 0 radical (unpaired) electrons. The second-order valence-electron chi connectivity index (χ2n) is 12.7. The number of hydrogen-bond donors (Lipinski definition) is 0. The topological polar surface area (TPSA) is 0 Å². The normalized spacial score (nSPS) is 15.4. The van der Waals surface area contributed by atoms with Gasteiger partial charge in [0.05, 0.1) is 0 Å². The molecule has 0 unspecified atom stereocenters. The molecule has 0 bridgehead atoms. The molecule has 4 aromatic rings. The Balaban J connectivity index is 0.000000284. The van der Waals surface area contributed by atoms with Crippen LogP contribution in [0.5, 0.6) is 0 Å². The summed E-state index contributed by atoms with van der Waals surface area (Å²) in [5.41, 5.74) is 11.7. The molecular formula is C45H52Cl2Ti-4. The first-order valence-corrected chi connectivity index (χ1v) is 18.4. The minimum absolute atomic E-state index is 0. The molecule has 2 saturated carbocycles. The third-order valence-electron chi connectivity index (χ3n) is 9.35. The molecule has 4 aromatic carbocycles. The molecule has 0 aromatic heterocycles. The van der Waals surface area contributed by atoms with E-state index in [9.17, 15) is 0 Å². The summed E-state index contributed by atoms with van der Waals surface area (Å²) >= 11 is 1.75. The smallest absolute Gasteiger partial charge is 0.0162 e. The van der Waals surface area contributed by atoms with Crippen LogP contribution in [0, 0.1) is 38.1 Å². The van der Waals surface area contributed by atoms with Crippen molar-refractivity contribution in [3.8, 4) is 11.1 Å². The quantitative estimate of drug-likeness (QED) is 0.126. The fourth-order valence-electron chi connectivity index (χ4n) is 6.76. The van der Waals surface area contributed by atoms with Crippen LogP contribution in [0.1, 0.15) is 116 Å². The van der Waals surface area contributed by atoms with E-state index in [2.05, 4.69) is 79.3 Å². The van der Waals surface area contributed by atoms with Crippen LogP contribution in [0.4, 0.5) is 0 Å². The SMILES string of the molecule is Cc1cc[c-]cc1.Cc1cc[c-]cc1.Cl.Cl.[C-]1=CC=CC1.[CH2]=[Ti].[c-]1cc(C2CCCCC2)cc2c1Cc1ccc(C3CCCCC3)cc1-2. The monoisotopic (exact) mass is 710 g/mol. The summed E-state index contributed by atoms with van der Waals surface area (Å²) in [5.74, 6) is 1.58. The van der Waals surface area contributed by atoms with Crippen molar-refractivity contribution >= 4 is 29.6 Å². The summed E-state index contributed by atoms with van der Waals surface area (Å²) < 4.78 is 0. The Bertz CT molecular complexity index is 1380. The largest absolute Gasteiger partial charge is 0.179 e. The summed E-state index contributed by atoms with van der Waals surface area (Å²) in [5, 5.41) is 0. The van der Waals surface area contributed by atoms with E-state index in [0.29, 0.717) is 0 Å². The summed E-state index contributed by atoms with van der Waals surface area (Å²) in [6.45, 7) is 4.13. The van der Waals surface area contributed by atoms with E-state index in [0.717, 1.165) is 24.7 Å². The second kappa shape index (κ2) is 23.8. The number of fused-ring (bicyclic) bond motifs is 3. The van der Waals surface area contributed by atoms with Gasteiger partial charge < -0.3 is 0 Å². The first kappa shape index (κ1) is 41.7. The van der Waals surface area contributed by atoms with Gasteiger partial charge in [0, 0.05) is 0 Å². The van der Waals surface area contributed by atoms with E-state index < -0.39 is 0 Å². The van der Waals surface area contributed by atoms with Crippen LogP contribution in [-0.4, -0.2) is 4.82 Å². The number of rotatable bonds is 2. The average molecular weight is 712 g/mol. The van der Waals surface area contributed by atoms with E-state index in [1.807, 2.05) is 60.7 Å². The van der Waals surface area contributed by atoms with Gasteiger partial charge in [-0.1, -0.05) is 100 Å². The van der Waals surface area contributed by atoms with Crippen LogP contribution in [0.25, 0.3) is 11.1 Å². The van der Waals surface area contributed by atoms with E-state index in [1.54, 1.807) is 31.1 Å². The van der Waals surface area contributed by atoms with Crippen LogP contribution < -0.4 is 0 Å². The van der Waals surface area contributed by atoms with Crippen molar-refractivity contribution in [1.82, 2.24) is 0 Å². The van der Waals surface area contributed by atoms with Gasteiger partial charge in [-0.25, -0.2) is 12.2 Å². The Hall–Kier alpha value is -2.48. The number of allylic oxidation sites excluding steroid dienone is 4. The fourth-order valence-corrected chi connectivity index (χ4v) is 6.76. The molecule has 0 spiro atoms. The molecule has 0 atom stereocenters. The van der Waals surface area contributed by atoms with Crippen molar-refractivity contribution in [2.24, 2.45) is 0 Å². The van der Waals surface area contributed by atoms with Crippen LogP contribution in [0.15, 0.2) is 97.1 Å². The summed E-state index contributed by atoms with van der Waals surface area (Å²) in [6.07, 6.45) is 25.1. The Morgan fingerprint density at radius 2 is 1.17 bits per heavy atom. The maximum atomic E-state index is 3.66. The Kier molecular flexibility index (Phi) is 20.7. The van der Waals surface area contributed by atoms with Gasteiger partial charge in [-0.05, 0) is 30.7 Å². The third kappa shape index (κ3) is 13.4. The Morgan fingerprint density at radius 1 is 0.646 bits per heavy atom. The average Bonchev–Trinajstić information content (AvgIpc) is 3.83. The molecule has 0 heterocycles. The molecule has 0 nitrogen and oxygen atoms in total. The van der Waals surface area contributed by atoms with Crippen LogP contribution in [0.3, 0.4) is 0 Å². The molecule has 3 heteroatoms. The van der Waals surface area contributed by atoms with Crippen molar-refractivity contribution in [1.29, 1.82) is 0 Å². The minimum Gasteiger partial charge on any atom is -0.179 e. The van der Waals surface area contributed by atoms with Gasteiger partial charge in [0.1, 0.15) is 0 Å². The van der Waals surface area contributed by atoms with Gasteiger partial charge in [0.25, 0.3) is 0 Å². The first-order valence-electron chi connectivity index (χ1n) is 17.3. The molecule has 2 fully saturated rings. The van der Waals surface area contributed by atoms with E-state index in [1.165, 1.54) is 97.6 Å². The second-order valence-corrected chi connectivity index (χ2v) is 12.7. The van der Waals surface area contributed by atoms with E-state index in [-0.39, 0.29) is 24.8 Å².